The summed E-state index contributed by atoms with van der Waals surface area (Å²) in [6, 6.07) is 17.0. The number of fused-ring (bicyclic) bond motifs is 1. The van der Waals surface area contributed by atoms with Crippen molar-refractivity contribution in [2.75, 3.05) is 36.5 Å². The minimum absolute atomic E-state index is 0.112. The van der Waals surface area contributed by atoms with E-state index in [0.29, 0.717) is 31.1 Å². The SMILES string of the molecule is c1ccc(CSc2cnc3cc(N4CCOCC4)nc(O[C@H]4CC[C@@H](Nc5ncccn5)CC4)c3c2)cc1. The predicted octanol–water partition coefficient (Wildman–Crippen LogP) is 5.35. The van der Waals surface area contributed by atoms with Crippen molar-refractivity contribution in [3.8, 4) is 5.88 Å². The van der Waals surface area contributed by atoms with Crippen LogP contribution in [0.5, 0.6) is 5.88 Å². The zero-order valence-corrected chi connectivity index (χ0v) is 22.1. The van der Waals surface area contributed by atoms with Crippen LogP contribution >= 0.6 is 11.8 Å². The molecule has 3 aromatic heterocycles. The molecule has 4 aromatic rings. The summed E-state index contributed by atoms with van der Waals surface area (Å²) in [7, 11) is 0. The van der Waals surface area contributed by atoms with E-state index in [1.807, 2.05) is 18.3 Å². The van der Waals surface area contributed by atoms with Crippen LogP contribution in [-0.2, 0) is 10.5 Å². The summed E-state index contributed by atoms with van der Waals surface area (Å²) in [5, 5.41) is 4.43. The van der Waals surface area contributed by atoms with Gasteiger partial charge in [-0.3, -0.25) is 4.98 Å². The molecule has 0 bridgehead atoms. The standard InChI is InChI=1S/C29H32N6O2S/c1-2-5-21(6-3-1)20-38-24-17-25-26(32-19-24)18-27(35-13-15-36-16-14-35)34-28(25)37-23-9-7-22(8-10-23)33-29-30-11-4-12-31-29/h1-6,11-12,17-19,22-23H,7-10,13-16,20H2,(H,30,31,33)/t22-,23+. The van der Waals surface area contributed by atoms with E-state index >= 15 is 0 Å². The number of aromatic nitrogens is 4. The summed E-state index contributed by atoms with van der Waals surface area (Å²) < 4.78 is 12.2. The maximum atomic E-state index is 6.64. The molecule has 1 aliphatic carbocycles. The predicted molar refractivity (Wildman–Crippen MR) is 151 cm³/mol. The van der Waals surface area contributed by atoms with Crippen LogP contribution in [-0.4, -0.2) is 58.4 Å². The molecule has 2 fully saturated rings. The van der Waals surface area contributed by atoms with Gasteiger partial charge >= 0.3 is 0 Å². The molecule has 9 heteroatoms. The number of rotatable bonds is 8. The second kappa shape index (κ2) is 12.0. The van der Waals surface area contributed by atoms with Crippen LogP contribution in [0, 0.1) is 0 Å². The van der Waals surface area contributed by atoms with E-state index in [0.717, 1.165) is 66.1 Å². The first-order valence-corrected chi connectivity index (χ1v) is 14.3. The van der Waals surface area contributed by atoms with Gasteiger partial charge in [-0.1, -0.05) is 30.3 Å². The van der Waals surface area contributed by atoms with Gasteiger partial charge < -0.3 is 19.7 Å². The fourth-order valence-electron chi connectivity index (χ4n) is 4.96. The maximum Gasteiger partial charge on any atom is 0.225 e. The number of morpholine rings is 1. The molecule has 0 unspecified atom stereocenters. The van der Waals surface area contributed by atoms with Crippen molar-refractivity contribution in [3.05, 3.63) is 72.7 Å². The third-order valence-electron chi connectivity index (χ3n) is 7.04. The average Bonchev–Trinajstić information content (AvgIpc) is 2.98. The van der Waals surface area contributed by atoms with Crippen molar-refractivity contribution >= 4 is 34.4 Å². The third kappa shape index (κ3) is 6.16. The molecule has 0 amide bonds. The van der Waals surface area contributed by atoms with Gasteiger partial charge in [-0.15, -0.1) is 11.8 Å². The van der Waals surface area contributed by atoms with Crippen molar-refractivity contribution < 1.29 is 9.47 Å². The van der Waals surface area contributed by atoms with E-state index < -0.39 is 0 Å². The lowest BCUT2D eigenvalue weighted by atomic mass is 9.93. The van der Waals surface area contributed by atoms with Crippen LogP contribution in [0.4, 0.5) is 11.8 Å². The highest BCUT2D eigenvalue weighted by molar-refractivity contribution is 7.98. The van der Waals surface area contributed by atoms with E-state index in [9.17, 15) is 0 Å². The molecule has 0 radical (unpaired) electrons. The van der Waals surface area contributed by atoms with Crippen LogP contribution in [0.2, 0.25) is 0 Å². The fraction of sp³-hybridized carbons (Fsp3) is 0.379. The molecule has 0 atom stereocenters. The second-order valence-corrected chi connectivity index (χ2v) is 10.8. The average molecular weight is 529 g/mol. The number of thioether (sulfide) groups is 1. The smallest absolute Gasteiger partial charge is 0.225 e. The van der Waals surface area contributed by atoms with Gasteiger partial charge in [-0.25, -0.2) is 9.97 Å². The molecule has 1 saturated carbocycles. The van der Waals surface area contributed by atoms with Crippen molar-refractivity contribution in [3.63, 3.8) is 0 Å². The van der Waals surface area contributed by atoms with Gasteiger partial charge in [0, 0.05) is 54.4 Å². The number of nitrogens with zero attached hydrogens (tertiary/aromatic N) is 5. The minimum atomic E-state index is 0.112. The molecular formula is C29H32N6O2S. The molecule has 0 spiro atoms. The summed E-state index contributed by atoms with van der Waals surface area (Å²) in [6.07, 6.45) is 9.51. The highest BCUT2D eigenvalue weighted by atomic mass is 32.2. The number of hydrogen-bond donors (Lipinski definition) is 1. The third-order valence-corrected chi connectivity index (χ3v) is 8.07. The van der Waals surface area contributed by atoms with Crippen molar-refractivity contribution in [1.82, 2.24) is 19.9 Å². The second-order valence-electron chi connectivity index (χ2n) is 9.71. The first-order chi connectivity index (χ1) is 18.8. The van der Waals surface area contributed by atoms with Crippen LogP contribution in [0.3, 0.4) is 0 Å². The van der Waals surface area contributed by atoms with E-state index in [1.165, 1.54) is 5.56 Å². The monoisotopic (exact) mass is 528 g/mol. The quantitative estimate of drug-likeness (QED) is 0.304. The highest BCUT2D eigenvalue weighted by Gasteiger charge is 2.25. The Kier molecular flexibility index (Phi) is 7.83. The molecule has 8 nitrogen and oxygen atoms in total. The largest absolute Gasteiger partial charge is 0.474 e. The van der Waals surface area contributed by atoms with Crippen LogP contribution in [0.15, 0.2) is 72.0 Å². The maximum absolute atomic E-state index is 6.64. The van der Waals surface area contributed by atoms with Crippen LogP contribution in [0.25, 0.3) is 10.9 Å². The number of pyridine rings is 2. The number of ether oxygens (including phenoxy) is 2. The molecule has 1 saturated heterocycles. The Balaban J connectivity index is 1.20. The van der Waals surface area contributed by atoms with E-state index in [4.69, 9.17) is 19.4 Å². The van der Waals surface area contributed by atoms with Crippen molar-refractivity contribution in [2.24, 2.45) is 0 Å². The van der Waals surface area contributed by atoms with Gasteiger partial charge in [0.05, 0.1) is 24.1 Å². The van der Waals surface area contributed by atoms with Gasteiger partial charge in [0.15, 0.2) is 0 Å². The molecule has 4 heterocycles. The number of nitrogens with one attached hydrogen (secondary N) is 1. The molecule has 2 aliphatic rings. The van der Waals surface area contributed by atoms with Gasteiger partial charge in [-0.05, 0) is 43.4 Å². The van der Waals surface area contributed by atoms with Gasteiger partial charge in [-0.2, -0.15) is 4.98 Å². The number of hydrogen-bond acceptors (Lipinski definition) is 9. The molecule has 38 heavy (non-hydrogen) atoms. The molecule has 1 aliphatic heterocycles. The van der Waals surface area contributed by atoms with E-state index in [-0.39, 0.29) is 6.10 Å². The Morgan fingerprint density at radius 2 is 1.74 bits per heavy atom. The molecule has 196 valence electrons. The summed E-state index contributed by atoms with van der Waals surface area (Å²) >= 11 is 1.78. The van der Waals surface area contributed by atoms with Gasteiger partial charge in [0.1, 0.15) is 11.9 Å². The minimum Gasteiger partial charge on any atom is -0.474 e. The number of anilines is 2. The molecule has 6 rings (SSSR count). The summed E-state index contributed by atoms with van der Waals surface area (Å²) in [5.74, 6) is 3.17. The lowest BCUT2D eigenvalue weighted by Gasteiger charge is -2.31. The Morgan fingerprint density at radius 3 is 2.53 bits per heavy atom. The van der Waals surface area contributed by atoms with Crippen molar-refractivity contribution in [1.29, 1.82) is 0 Å². The fourth-order valence-corrected chi connectivity index (χ4v) is 5.82. The van der Waals surface area contributed by atoms with Gasteiger partial charge in [0.2, 0.25) is 11.8 Å². The highest BCUT2D eigenvalue weighted by Crippen LogP contribution is 2.34. The number of benzene rings is 1. The van der Waals surface area contributed by atoms with Gasteiger partial charge in [0.25, 0.3) is 0 Å². The lowest BCUT2D eigenvalue weighted by molar-refractivity contribution is 0.122. The van der Waals surface area contributed by atoms with E-state index in [2.05, 4.69) is 56.6 Å². The van der Waals surface area contributed by atoms with E-state index in [1.54, 1.807) is 24.2 Å². The zero-order valence-electron chi connectivity index (χ0n) is 21.3. The topological polar surface area (TPSA) is 85.3 Å². The molecule has 1 N–H and O–H groups in total. The van der Waals surface area contributed by atoms with Crippen LogP contribution < -0.4 is 15.0 Å². The molecular weight excluding hydrogens is 496 g/mol. The van der Waals surface area contributed by atoms with Crippen LogP contribution in [0.1, 0.15) is 31.2 Å². The Hall–Kier alpha value is -3.43. The normalized spacial score (nSPS) is 19.8. The first kappa shape index (κ1) is 24.9. The zero-order chi connectivity index (χ0) is 25.6. The summed E-state index contributed by atoms with van der Waals surface area (Å²) in [6.45, 7) is 3.06. The Morgan fingerprint density at radius 1 is 0.947 bits per heavy atom. The summed E-state index contributed by atoms with van der Waals surface area (Å²) in [4.78, 5) is 21.8. The molecule has 1 aromatic carbocycles. The first-order valence-electron chi connectivity index (χ1n) is 13.3. The van der Waals surface area contributed by atoms with Crippen molar-refractivity contribution in [2.45, 2.75) is 48.5 Å². The Bertz CT molecular complexity index is 1330. The Labute approximate surface area is 227 Å². The summed E-state index contributed by atoms with van der Waals surface area (Å²) in [5.41, 5.74) is 2.21. The lowest BCUT2D eigenvalue weighted by Crippen LogP contribution is -2.37.